The van der Waals surface area contributed by atoms with Crippen molar-refractivity contribution in [2.45, 2.75) is 6.42 Å². The number of primary amides is 1. The van der Waals surface area contributed by atoms with Gasteiger partial charge in [-0.2, -0.15) is 0 Å². The van der Waals surface area contributed by atoms with Crippen LogP contribution >= 0.6 is 23.2 Å². The van der Waals surface area contributed by atoms with Crippen LogP contribution in [0.2, 0.25) is 10.0 Å². The molecule has 5 nitrogen and oxygen atoms in total. The van der Waals surface area contributed by atoms with Crippen molar-refractivity contribution in [1.82, 2.24) is 15.0 Å². The normalized spacial score (nSPS) is 10.6. The summed E-state index contributed by atoms with van der Waals surface area (Å²) in [5, 5.41) is 0.964. The molecule has 1 amide bonds. The minimum absolute atomic E-state index is 0.373. The summed E-state index contributed by atoms with van der Waals surface area (Å²) < 4.78 is 0. The van der Waals surface area contributed by atoms with E-state index in [2.05, 4.69) is 15.0 Å². The van der Waals surface area contributed by atoms with E-state index in [9.17, 15) is 4.79 Å². The van der Waals surface area contributed by atoms with E-state index in [0.29, 0.717) is 22.0 Å². The third-order valence-corrected chi connectivity index (χ3v) is 4.15. The van der Waals surface area contributed by atoms with Gasteiger partial charge in [-0.15, -0.1) is 0 Å². The van der Waals surface area contributed by atoms with Crippen LogP contribution in [0, 0.1) is 0 Å². The zero-order valence-corrected chi connectivity index (χ0v) is 13.9. The van der Waals surface area contributed by atoms with Gasteiger partial charge in [-0.3, -0.25) is 9.78 Å². The second-order valence-electron chi connectivity index (χ2n) is 5.10. The van der Waals surface area contributed by atoms with Gasteiger partial charge in [-0.25, -0.2) is 9.97 Å². The largest absolute Gasteiger partial charge is 0.366 e. The number of amides is 1. The van der Waals surface area contributed by atoms with Gasteiger partial charge in [0.15, 0.2) is 0 Å². The third-order valence-electron chi connectivity index (χ3n) is 3.41. The molecule has 0 spiro atoms. The summed E-state index contributed by atoms with van der Waals surface area (Å²) >= 11 is 12.0. The van der Waals surface area contributed by atoms with E-state index in [1.165, 1.54) is 12.5 Å². The van der Waals surface area contributed by atoms with Crippen molar-refractivity contribution >= 4 is 29.1 Å². The van der Waals surface area contributed by atoms with Crippen LogP contribution in [0.5, 0.6) is 0 Å². The topological polar surface area (TPSA) is 81.8 Å². The van der Waals surface area contributed by atoms with Gasteiger partial charge in [-0.05, 0) is 30.3 Å². The number of hydrogen-bond donors (Lipinski definition) is 1. The fourth-order valence-corrected chi connectivity index (χ4v) is 2.47. The highest BCUT2D eigenvalue weighted by atomic mass is 35.5. The molecule has 0 saturated carbocycles. The Morgan fingerprint density at radius 2 is 1.79 bits per heavy atom. The molecule has 0 atom stereocenters. The summed E-state index contributed by atoms with van der Waals surface area (Å²) in [4.78, 5) is 23.8. The summed E-state index contributed by atoms with van der Waals surface area (Å²) in [5.41, 5.74) is 8.74. The van der Waals surface area contributed by atoms with Crippen LogP contribution in [0.4, 0.5) is 0 Å². The molecule has 3 aromatic rings. The number of hydrogen-bond acceptors (Lipinski definition) is 4. The molecule has 0 aliphatic rings. The Hall–Kier alpha value is -2.50. The summed E-state index contributed by atoms with van der Waals surface area (Å²) in [7, 11) is 0. The molecule has 3 rings (SSSR count). The number of rotatable bonds is 4. The van der Waals surface area contributed by atoms with Gasteiger partial charge in [0.1, 0.15) is 6.33 Å². The molecule has 1 aromatic carbocycles. The molecule has 2 aromatic heterocycles. The first kappa shape index (κ1) is 16.4. The number of nitrogens with zero attached hydrogens (tertiary/aromatic N) is 3. The third kappa shape index (κ3) is 3.69. The first-order valence-electron chi connectivity index (χ1n) is 7.04. The van der Waals surface area contributed by atoms with Crippen molar-refractivity contribution in [2.24, 2.45) is 5.73 Å². The molecular weight excluding hydrogens is 347 g/mol. The predicted octanol–water partition coefficient (Wildman–Crippen LogP) is 3.54. The molecule has 0 bridgehead atoms. The molecule has 0 aliphatic heterocycles. The fourth-order valence-electron chi connectivity index (χ4n) is 2.17. The average Bonchev–Trinajstić information content (AvgIpc) is 2.58. The minimum Gasteiger partial charge on any atom is -0.366 e. The van der Waals surface area contributed by atoms with Crippen molar-refractivity contribution in [3.05, 3.63) is 75.9 Å². The van der Waals surface area contributed by atoms with Crippen molar-refractivity contribution in [3.63, 3.8) is 0 Å². The van der Waals surface area contributed by atoms with E-state index in [1.54, 1.807) is 24.3 Å². The molecular formula is C17H12Cl2N4O. The van der Waals surface area contributed by atoms with Crippen LogP contribution in [0.1, 0.15) is 21.7 Å². The summed E-state index contributed by atoms with van der Waals surface area (Å²) in [6.07, 6.45) is 3.46. The Morgan fingerprint density at radius 3 is 2.46 bits per heavy atom. The van der Waals surface area contributed by atoms with E-state index < -0.39 is 5.91 Å². The first-order valence-corrected chi connectivity index (χ1v) is 7.79. The number of carbonyl (C=O) groups excluding carboxylic acids is 1. The first-order chi connectivity index (χ1) is 11.5. The van der Waals surface area contributed by atoms with E-state index in [4.69, 9.17) is 28.9 Å². The maximum Gasteiger partial charge on any atom is 0.250 e. The van der Waals surface area contributed by atoms with Gasteiger partial charge >= 0.3 is 0 Å². The Morgan fingerprint density at radius 1 is 0.958 bits per heavy atom. The van der Waals surface area contributed by atoms with Crippen molar-refractivity contribution < 1.29 is 4.79 Å². The van der Waals surface area contributed by atoms with Gasteiger partial charge in [0, 0.05) is 23.9 Å². The van der Waals surface area contributed by atoms with Gasteiger partial charge in [-0.1, -0.05) is 29.3 Å². The Kier molecular flexibility index (Phi) is 4.74. The van der Waals surface area contributed by atoms with E-state index in [1.807, 2.05) is 12.1 Å². The van der Waals surface area contributed by atoms with E-state index in [-0.39, 0.29) is 0 Å². The molecule has 24 heavy (non-hydrogen) atoms. The van der Waals surface area contributed by atoms with E-state index in [0.717, 1.165) is 22.6 Å². The summed E-state index contributed by atoms with van der Waals surface area (Å²) in [6.45, 7) is 0. The SMILES string of the molecule is NC(=O)c1ccc(Cc2cc(-c3ccc(Cl)c(Cl)c3)ncn2)nc1. The van der Waals surface area contributed by atoms with Crippen molar-refractivity contribution in [2.75, 3.05) is 0 Å². The molecule has 0 radical (unpaired) electrons. The van der Waals surface area contributed by atoms with Crippen molar-refractivity contribution in [3.8, 4) is 11.3 Å². The lowest BCUT2D eigenvalue weighted by atomic mass is 10.1. The lowest BCUT2D eigenvalue weighted by molar-refractivity contribution is 0.1000. The van der Waals surface area contributed by atoms with Gasteiger partial charge < -0.3 is 5.73 Å². The minimum atomic E-state index is -0.502. The maximum atomic E-state index is 11.1. The fraction of sp³-hybridized carbons (Fsp3) is 0.0588. The number of carbonyl (C=O) groups is 1. The monoisotopic (exact) mass is 358 g/mol. The summed E-state index contributed by atoms with van der Waals surface area (Å²) in [6, 6.07) is 10.6. The van der Waals surface area contributed by atoms with Gasteiger partial charge in [0.25, 0.3) is 0 Å². The summed E-state index contributed by atoms with van der Waals surface area (Å²) in [5.74, 6) is -0.502. The van der Waals surface area contributed by atoms with Gasteiger partial charge in [0.05, 0.1) is 27.0 Å². The standard InChI is InChI=1S/C17H12Cl2N4O/c18-14-4-2-10(5-15(14)19)16-7-13(22-9-23-16)6-12-3-1-11(8-21-12)17(20)24/h1-5,7-9H,6H2,(H2,20,24). The predicted molar refractivity (Wildman–Crippen MR) is 93.0 cm³/mol. The molecule has 7 heteroatoms. The van der Waals surface area contributed by atoms with Crippen LogP contribution in [-0.2, 0) is 6.42 Å². The molecule has 120 valence electrons. The van der Waals surface area contributed by atoms with Crippen LogP contribution in [-0.4, -0.2) is 20.9 Å². The Labute approximate surface area is 148 Å². The smallest absolute Gasteiger partial charge is 0.250 e. The number of nitrogens with two attached hydrogens (primary N) is 1. The average molecular weight is 359 g/mol. The lowest BCUT2D eigenvalue weighted by Gasteiger charge is -2.05. The number of aromatic nitrogens is 3. The second kappa shape index (κ2) is 6.95. The van der Waals surface area contributed by atoms with Crippen molar-refractivity contribution in [1.29, 1.82) is 0 Å². The highest BCUT2D eigenvalue weighted by Gasteiger charge is 2.07. The molecule has 0 fully saturated rings. The quantitative estimate of drug-likeness (QED) is 0.773. The van der Waals surface area contributed by atoms with E-state index >= 15 is 0 Å². The second-order valence-corrected chi connectivity index (χ2v) is 5.92. The molecule has 0 aliphatic carbocycles. The Bertz CT molecular complexity index is 897. The molecule has 2 N–H and O–H groups in total. The number of benzene rings is 1. The van der Waals surface area contributed by atoms with Crippen LogP contribution in [0.25, 0.3) is 11.3 Å². The van der Waals surface area contributed by atoms with Gasteiger partial charge in [0.2, 0.25) is 5.91 Å². The molecule has 0 unspecified atom stereocenters. The molecule has 2 heterocycles. The lowest BCUT2D eigenvalue weighted by Crippen LogP contribution is -2.11. The maximum absolute atomic E-state index is 11.1. The zero-order chi connectivity index (χ0) is 17.1. The zero-order valence-electron chi connectivity index (χ0n) is 12.4. The highest BCUT2D eigenvalue weighted by molar-refractivity contribution is 6.42. The van der Waals surface area contributed by atoms with Crippen LogP contribution < -0.4 is 5.73 Å². The highest BCUT2D eigenvalue weighted by Crippen LogP contribution is 2.27. The number of pyridine rings is 1. The molecule has 0 saturated heterocycles. The van der Waals surface area contributed by atoms with Crippen LogP contribution in [0.15, 0.2) is 48.9 Å². The van der Waals surface area contributed by atoms with Crippen LogP contribution in [0.3, 0.4) is 0 Å². The number of halogens is 2. The Balaban J connectivity index is 1.84.